The van der Waals surface area contributed by atoms with E-state index in [1.54, 1.807) is 17.2 Å². The maximum Gasteiger partial charge on any atom is 0.267 e. The van der Waals surface area contributed by atoms with E-state index in [1.165, 1.54) is 6.07 Å². The lowest BCUT2D eigenvalue weighted by atomic mass is 9.84. The number of thiophene rings is 1. The molecule has 3 rings (SSSR count). The summed E-state index contributed by atoms with van der Waals surface area (Å²) < 4.78 is 19.1. The number of ether oxygens (including phenoxy) is 1. The third-order valence-electron chi connectivity index (χ3n) is 4.92. The fourth-order valence-corrected chi connectivity index (χ4v) is 4.34. The predicted octanol–water partition coefficient (Wildman–Crippen LogP) is 2.13. The topological polar surface area (TPSA) is 49.9 Å². The Bertz CT molecular complexity index is 598. The van der Waals surface area contributed by atoms with Gasteiger partial charge < -0.3 is 14.5 Å². The number of hydrogen-bond acceptors (Lipinski definition) is 4. The van der Waals surface area contributed by atoms with E-state index < -0.39 is 5.82 Å². The predicted molar refractivity (Wildman–Crippen MR) is 85.0 cm³/mol. The second-order valence-corrected chi connectivity index (χ2v) is 7.06. The van der Waals surface area contributed by atoms with Crippen molar-refractivity contribution in [3.05, 3.63) is 22.1 Å². The maximum absolute atomic E-state index is 13.7. The van der Waals surface area contributed by atoms with E-state index in [2.05, 4.69) is 0 Å². The molecule has 0 radical (unpaired) electrons. The second kappa shape index (κ2) is 6.57. The summed E-state index contributed by atoms with van der Waals surface area (Å²) in [5, 5.41) is 1.59. The molecule has 7 heteroatoms. The molecule has 0 atom stereocenters. The smallest absolute Gasteiger partial charge is 0.267 e. The fraction of sp³-hybridized carbons (Fsp3) is 0.625. The van der Waals surface area contributed by atoms with Crippen LogP contribution in [-0.4, -0.2) is 60.0 Å². The lowest BCUT2D eigenvalue weighted by Crippen LogP contribution is -2.54. The first-order valence-corrected chi connectivity index (χ1v) is 8.80. The highest BCUT2D eigenvalue weighted by Crippen LogP contribution is 2.34. The monoisotopic (exact) mass is 340 g/mol. The standard InChI is InChI=1S/C16H21FN2O3S/c1-12(20)19-8-7-18(15(21)14-13(17)2-11-23-14)6-3-16(19)4-9-22-10-5-16/h2,11H,3-10H2,1H3. The Morgan fingerprint density at radius 1 is 1.22 bits per heavy atom. The number of amides is 2. The van der Waals surface area contributed by atoms with Crippen LogP contribution in [0.5, 0.6) is 0 Å². The Kier molecular flexibility index (Phi) is 4.68. The molecular formula is C16H21FN2O3S. The van der Waals surface area contributed by atoms with E-state index in [0.29, 0.717) is 39.3 Å². The molecule has 2 amide bonds. The fourth-order valence-electron chi connectivity index (χ4n) is 3.60. The van der Waals surface area contributed by atoms with Crippen LogP contribution in [0, 0.1) is 5.82 Å². The molecule has 126 valence electrons. The van der Waals surface area contributed by atoms with Crippen molar-refractivity contribution < 1.29 is 18.7 Å². The SMILES string of the molecule is CC(=O)N1CCN(C(=O)c2sccc2F)CCC12CCOCC2. The summed E-state index contributed by atoms with van der Waals surface area (Å²) in [5.74, 6) is -0.706. The first-order chi connectivity index (χ1) is 11.0. The van der Waals surface area contributed by atoms with Crippen molar-refractivity contribution in [2.24, 2.45) is 0 Å². The number of carbonyl (C=O) groups excluding carboxylic acids is 2. The van der Waals surface area contributed by atoms with Crippen LogP contribution in [-0.2, 0) is 9.53 Å². The van der Waals surface area contributed by atoms with Crippen molar-refractivity contribution in [2.75, 3.05) is 32.8 Å². The first kappa shape index (κ1) is 16.4. The van der Waals surface area contributed by atoms with Gasteiger partial charge in [-0.1, -0.05) is 0 Å². The summed E-state index contributed by atoms with van der Waals surface area (Å²) in [6, 6.07) is 1.32. The van der Waals surface area contributed by atoms with Gasteiger partial charge in [-0.2, -0.15) is 0 Å². The number of hydrogen-bond donors (Lipinski definition) is 0. The van der Waals surface area contributed by atoms with Crippen molar-refractivity contribution in [1.29, 1.82) is 0 Å². The molecule has 1 aromatic rings. The van der Waals surface area contributed by atoms with Gasteiger partial charge in [0.1, 0.15) is 10.7 Å². The van der Waals surface area contributed by atoms with Crippen LogP contribution in [0.3, 0.4) is 0 Å². The lowest BCUT2D eigenvalue weighted by molar-refractivity contribution is -0.139. The van der Waals surface area contributed by atoms with Gasteiger partial charge in [-0.25, -0.2) is 4.39 Å². The summed E-state index contributed by atoms with van der Waals surface area (Å²) in [5.41, 5.74) is -0.229. The van der Waals surface area contributed by atoms with Gasteiger partial charge in [0.2, 0.25) is 5.91 Å². The summed E-state index contributed by atoms with van der Waals surface area (Å²) in [6.07, 6.45) is 2.30. The van der Waals surface area contributed by atoms with Crippen LogP contribution in [0.4, 0.5) is 4.39 Å². The van der Waals surface area contributed by atoms with Crippen molar-refractivity contribution in [1.82, 2.24) is 9.80 Å². The van der Waals surface area contributed by atoms with Crippen LogP contribution >= 0.6 is 11.3 Å². The van der Waals surface area contributed by atoms with Gasteiger partial charge in [-0.15, -0.1) is 11.3 Å². The van der Waals surface area contributed by atoms with Gasteiger partial charge in [0.05, 0.1) is 0 Å². The average molecular weight is 340 g/mol. The quantitative estimate of drug-likeness (QED) is 0.787. The zero-order chi connectivity index (χ0) is 16.4. The number of nitrogens with zero attached hydrogens (tertiary/aromatic N) is 2. The number of halogens is 1. The summed E-state index contributed by atoms with van der Waals surface area (Å²) in [4.78, 5) is 28.4. The van der Waals surface area contributed by atoms with Gasteiger partial charge >= 0.3 is 0 Å². The largest absolute Gasteiger partial charge is 0.381 e. The molecule has 5 nitrogen and oxygen atoms in total. The third-order valence-corrected chi connectivity index (χ3v) is 5.79. The van der Waals surface area contributed by atoms with Gasteiger partial charge in [-0.05, 0) is 30.7 Å². The Labute approximate surface area is 139 Å². The lowest BCUT2D eigenvalue weighted by Gasteiger charge is -2.44. The zero-order valence-corrected chi connectivity index (χ0v) is 14.0. The molecule has 3 heterocycles. The molecule has 1 spiro atoms. The normalized spacial score (nSPS) is 21.3. The van der Waals surface area contributed by atoms with Crippen molar-refractivity contribution >= 4 is 23.2 Å². The van der Waals surface area contributed by atoms with Crippen molar-refractivity contribution in [2.45, 2.75) is 31.7 Å². The summed E-state index contributed by atoms with van der Waals surface area (Å²) in [6.45, 7) is 4.33. The highest BCUT2D eigenvalue weighted by molar-refractivity contribution is 7.12. The number of rotatable bonds is 1. The van der Waals surface area contributed by atoms with Gasteiger partial charge in [-0.3, -0.25) is 9.59 Å². The maximum atomic E-state index is 13.7. The first-order valence-electron chi connectivity index (χ1n) is 7.92. The summed E-state index contributed by atoms with van der Waals surface area (Å²) >= 11 is 1.13. The van der Waals surface area contributed by atoms with Crippen LogP contribution in [0.1, 0.15) is 35.9 Å². The molecule has 2 fully saturated rings. The molecule has 0 bridgehead atoms. The molecule has 0 aliphatic carbocycles. The minimum Gasteiger partial charge on any atom is -0.381 e. The molecule has 0 aromatic carbocycles. The molecule has 0 N–H and O–H groups in total. The van der Waals surface area contributed by atoms with E-state index in [0.717, 1.165) is 24.2 Å². The molecule has 0 saturated carbocycles. The third kappa shape index (κ3) is 3.12. The Morgan fingerprint density at radius 2 is 1.96 bits per heavy atom. The van der Waals surface area contributed by atoms with Crippen LogP contribution in [0.25, 0.3) is 0 Å². The Balaban J connectivity index is 1.80. The average Bonchev–Trinajstić information content (AvgIpc) is 2.87. The van der Waals surface area contributed by atoms with Gasteiger partial charge in [0, 0.05) is 45.3 Å². The van der Waals surface area contributed by atoms with E-state index in [1.807, 2.05) is 4.90 Å². The molecule has 23 heavy (non-hydrogen) atoms. The van der Waals surface area contributed by atoms with E-state index in [9.17, 15) is 14.0 Å². The number of carbonyl (C=O) groups is 2. The Morgan fingerprint density at radius 3 is 2.57 bits per heavy atom. The van der Waals surface area contributed by atoms with E-state index in [4.69, 9.17) is 4.74 Å². The molecule has 0 unspecified atom stereocenters. The van der Waals surface area contributed by atoms with Crippen LogP contribution in [0.2, 0.25) is 0 Å². The van der Waals surface area contributed by atoms with Crippen LogP contribution in [0.15, 0.2) is 11.4 Å². The minimum atomic E-state index is -0.464. The molecular weight excluding hydrogens is 319 g/mol. The second-order valence-electron chi connectivity index (χ2n) is 6.15. The van der Waals surface area contributed by atoms with E-state index >= 15 is 0 Å². The van der Waals surface area contributed by atoms with E-state index in [-0.39, 0.29) is 22.2 Å². The van der Waals surface area contributed by atoms with Gasteiger partial charge in [0.25, 0.3) is 5.91 Å². The molecule has 1 aromatic heterocycles. The summed E-state index contributed by atoms with van der Waals surface area (Å²) in [7, 11) is 0. The Hall–Kier alpha value is -1.47. The minimum absolute atomic E-state index is 0.0310. The van der Waals surface area contributed by atoms with Crippen molar-refractivity contribution in [3.8, 4) is 0 Å². The van der Waals surface area contributed by atoms with Crippen LogP contribution < -0.4 is 0 Å². The highest BCUT2D eigenvalue weighted by Gasteiger charge is 2.42. The van der Waals surface area contributed by atoms with Crippen molar-refractivity contribution in [3.63, 3.8) is 0 Å². The zero-order valence-electron chi connectivity index (χ0n) is 13.2. The molecule has 2 saturated heterocycles. The van der Waals surface area contributed by atoms with Gasteiger partial charge in [0.15, 0.2) is 0 Å². The highest BCUT2D eigenvalue weighted by atomic mass is 32.1. The molecule has 2 aliphatic rings. The molecule has 2 aliphatic heterocycles.